The summed E-state index contributed by atoms with van der Waals surface area (Å²) in [5.41, 5.74) is 1.54. The highest BCUT2D eigenvalue weighted by molar-refractivity contribution is 5.88. The minimum Gasteiger partial charge on any atom is -0.508 e. The van der Waals surface area contributed by atoms with Gasteiger partial charge < -0.3 is 30.6 Å². The van der Waals surface area contributed by atoms with Crippen molar-refractivity contribution in [2.24, 2.45) is 5.92 Å². The smallest absolute Gasteiger partial charge is 0.335 e. The van der Waals surface area contributed by atoms with E-state index in [1.54, 1.807) is 12.1 Å². The molecule has 0 saturated carbocycles. The summed E-state index contributed by atoms with van der Waals surface area (Å²) in [6.45, 7) is 4.28. The summed E-state index contributed by atoms with van der Waals surface area (Å²) >= 11 is 0. The van der Waals surface area contributed by atoms with Crippen molar-refractivity contribution < 1.29 is 40.2 Å². The number of aryl methyl sites for hydroxylation is 1. The minimum atomic E-state index is -1.07. The van der Waals surface area contributed by atoms with E-state index in [9.17, 15) is 24.9 Å². The fourth-order valence-electron chi connectivity index (χ4n) is 3.32. The number of hydrogen-bond donors (Lipinski definition) is 6. The number of hydrogen-bond acceptors (Lipinski definition) is 6. The van der Waals surface area contributed by atoms with E-state index in [1.165, 1.54) is 24.3 Å². The predicted molar refractivity (Wildman–Crippen MR) is 128 cm³/mol. The molecule has 0 fully saturated rings. The van der Waals surface area contributed by atoms with Gasteiger partial charge in [-0.3, -0.25) is 4.79 Å². The van der Waals surface area contributed by atoms with Gasteiger partial charge in [0.25, 0.3) is 0 Å². The van der Waals surface area contributed by atoms with Crippen LogP contribution in [0.25, 0.3) is 0 Å². The van der Waals surface area contributed by atoms with Gasteiger partial charge in [-0.1, -0.05) is 38.8 Å². The Bertz CT molecular complexity index is 923. The third-order valence-electron chi connectivity index (χ3n) is 5.25. The van der Waals surface area contributed by atoms with Gasteiger partial charge in [0, 0.05) is 12.8 Å². The first-order valence-corrected chi connectivity index (χ1v) is 11.5. The van der Waals surface area contributed by atoms with E-state index in [2.05, 4.69) is 13.8 Å². The van der Waals surface area contributed by atoms with Crippen molar-refractivity contribution in [3.63, 3.8) is 0 Å². The number of aliphatic hydroxyl groups is 1. The van der Waals surface area contributed by atoms with Crippen LogP contribution < -0.4 is 0 Å². The number of phenolic OH excluding ortho intramolecular Hbond substituents is 3. The number of unbranched alkanes of at least 4 members (excludes halogenated alkanes) is 1. The summed E-state index contributed by atoms with van der Waals surface area (Å²) in [5, 5.41) is 55.1. The molecule has 8 heteroatoms. The monoisotopic (exact) mass is 476 g/mol. The van der Waals surface area contributed by atoms with E-state index < -0.39 is 18.0 Å². The van der Waals surface area contributed by atoms with Crippen LogP contribution in [-0.4, -0.2) is 48.7 Å². The van der Waals surface area contributed by atoms with Crippen LogP contribution in [0.2, 0.25) is 0 Å². The zero-order valence-electron chi connectivity index (χ0n) is 19.8. The molecule has 6 N–H and O–H groups in total. The van der Waals surface area contributed by atoms with Gasteiger partial charge in [0.2, 0.25) is 0 Å². The summed E-state index contributed by atoms with van der Waals surface area (Å²) in [5.74, 6) is -1.57. The third-order valence-corrected chi connectivity index (χ3v) is 5.25. The van der Waals surface area contributed by atoms with E-state index in [0.29, 0.717) is 37.2 Å². The predicted octanol–water partition coefficient (Wildman–Crippen LogP) is 4.72. The van der Waals surface area contributed by atoms with Crippen LogP contribution in [0.15, 0.2) is 36.4 Å². The maximum Gasteiger partial charge on any atom is 0.335 e. The lowest BCUT2D eigenvalue weighted by Gasteiger charge is -2.13. The molecule has 34 heavy (non-hydrogen) atoms. The average Bonchev–Trinajstić information content (AvgIpc) is 2.75. The molecule has 1 atom stereocenters. The second kappa shape index (κ2) is 14.8. The van der Waals surface area contributed by atoms with Gasteiger partial charge in [-0.15, -0.1) is 0 Å². The lowest BCUT2D eigenvalue weighted by Crippen LogP contribution is -2.11. The largest absolute Gasteiger partial charge is 0.508 e. The number of rotatable bonds is 12. The molecule has 0 aromatic heterocycles. The first kappa shape index (κ1) is 28.8. The number of aromatic hydroxyl groups is 3. The van der Waals surface area contributed by atoms with E-state index in [-0.39, 0.29) is 29.2 Å². The summed E-state index contributed by atoms with van der Waals surface area (Å²) < 4.78 is 0. The Morgan fingerprint density at radius 2 is 1.53 bits per heavy atom. The second-order valence-electron chi connectivity index (χ2n) is 8.76. The van der Waals surface area contributed by atoms with Crippen molar-refractivity contribution in [1.29, 1.82) is 0 Å². The topological polar surface area (TPSA) is 156 Å². The number of aliphatic hydroxyl groups excluding tert-OH is 1. The van der Waals surface area contributed by atoms with Gasteiger partial charge in [0.05, 0.1) is 11.7 Å². The fourth-order valence-corrected chi connectivity index (χ4v) is 3.32. The molecule has 0 bridgehead atoms. The second-order valence-corrected chi connectivity index (χ2v) is 8.76. The Kier molecular flexibility index (Phi) is 12.5. The molecule has 1 unspecified atom stereocenters. The number of phenols is 3. The Balaban J connectivity index is 0.000000350. The normalized spacial score (nSPS) is 11.5. The Hall–Kier alpha value is -3.26. The third kappa shape index (κ3) is 11.6. The van der Waals surface area contributed by atoms with Gasteiger partial charge in [-0.2, -0.15) is 0 Å². The highest BCUT2D eigenvalue weighted by Crippen LogP contribution is 2.25. The zero-order valence-corrected chi connectivity index (χ0v) is 19.8. The molecule has 0 amide bonds. The molecule has 8 nitrogen and oxygen atoms in total. The molecule has 0 aliphatic carbocycles. The number of aromatic carboxylic acids is 1. The van der Waals surface area contributed by atoms with Crippen molar-refractivity contribution in [3.05, 3.63) is 53.1 Å². The number of carboxylic acids is 2. The van der Waals surface area contributed by atoms with Crippen LogP contribution in [-0.2, 0) is 17.6 Å². The van der Waals surface area contributed by atoms with Crippen LogP contribution in [0.4, 0.5) is 0 Å². The van der Waals surface area contributed by atoms with Gasteiger partial charge in [0.15, 0.2) is 11.5 Å². The molecule has 2 rings (SSSR count). The zero-order chi connectivity index (χ0) is 25.7. The van der Waals surface area contributed by atoms with Crippen molar-refractivity contribution >= 4 is 11.9 Å². The molecule has 0 heterocycles. The SMILES string of the molecule is CC(C)CCCC(O)Cc1ccc(C(=O)O)cc1O.O=C(O)CCCCc1ccc(O)c(O)c1. The first-order valence-electron chi connectivity index (χ1n) is 11.5. The van der Waals surface area contributed by atoms with E-state index in [0.717, 1.165) is 24.8 Å². The standard InChI is InChI=1S/C15H22O4.C11H14O4/c1-10(2)4-3-5-13(16)8-11-6-7-12(15(18)19)9-14(11)17;12-9-6-5-8(7-10(9)13)3-1-2-4-11(14)15/h6-7,9-10,13,16-17H,3-5,8H2,1-2H3,(H,18,19);5-7,12-13H,1-4H2,(H,14,15). The highest BCUT2D eigenvalue weighted by Gasteiger charge is 2.12. The number of carboxylic acid groups (broad SMARTS) is 2. The fraction of sp³-hybridized carbons (Fsp3) is 0.462. The number of aliphatic carboxylic acids is 1. The van der Waals surface area contributed by atoms with Gasteiger partial charge >= 0.3 is 11.9 Å². The molecular weight excluding hydrogens is 440 g/mol. The maximum absolute atomic E-state index is 10.7. The average molecular weight is 477 g/mol. The van der Waals surface area contributed by atoms with Crippen molar-refractivity contribution in [3.8, 4) is 17.2 Å². The summed E-state index contributed by atoms with van der Waals surface area (Å²) in [6, 6.07) is 8.87. The summed E-state index contributed by atoms with van der Waals surface area (Å²) in [7, 11) is 0. The molecule has 0 radical (unpaired) electrons. The Morgan fingerprint density at radius 3 is 2.09 bits per heavy atom. The van der Waals surface area contributed by atoms with Crippen LogP contribution in [0.3, 0.4) is 0 Å². The first-order chi connectivity index (χ1) is 16.0. The van der Waals surface area contributed by atoms with Crippen molar-refractivity contribution in [1.82, 2.24) is 0 Å². The van der Waals surface area contributed by atoms with E-state index >= 15 is 0 Å². The Labute approximate surface area is 200 Å². The highest BCUT2D eigenvalue weighted by atomic mass is 16.4. The van der Waals surface area contributed by atoms with E-state index in [4.69, 9.17) is 15.3 Å². The minimum absolute atomic E-state index is 0.0514. The molecule has 0 aliphatic rings. The van der Waals surface area contributed by atoms with Crippen LogP contribution in [0.1, 0.15) is 73.9 Å². The maximum atomic E-state index is 10.7. The molecule has 188 valence electrons. The molecule has 0 spiro atoms. The molecule has 2 aromatic rings. The molecular formula is C26H36O8. The molecule has 0 aliphatic heterocycles. The van der Waals surface area contributed by atoms with Crippen LogP contribution >= 0.6 is 0 Å². The lowest BCUT2D eigenvalue weighted by molar-refractivity contribution is -0.137. The van der Waals surface area contributed by atoms with Crippen LogP contribution in [0, 0.1) is 5.92 Å². The lowest BCUT2D eigenvalue weighted by atomic mass is 9.99. The summed E-state index contributed by atoms with van der Waals surface area (Å²) in [4.78, 5) is 21.0. The quantitative estimate of drug-likeness (QED) is 0.190. The van der Waals surface area contributed by atoms with Gasteiger partial charge in [0.1, 0.15) is 5.75 Å². The van der Waals surface area contributed by atoms with Crippen LogP contribution in [0.5, 0.6) is 17.2 Å². The molecule has 2 aromatic carbocycles. The molecule has 0 saturated heterocycles. The van der Waals surface area contributed by atoms with Gasteiger partial charge in [-0.25, -0.2) is 4.79 Å². The van der Waals surface area contributed by atoms with Gasteiger partial charge in [-0.05, 0) is 67.0 Å². The Morgan fingerprint density at radius 1 is 0.824 bits per heavy atom. The van der Waals surface area contributed by atoms with Crippen molar-refractivity contribution in [2.75, 3.05) is 0 Å². The number of carbonyl (C=O) groups is 2. The van der Waals surface area contributed by atoms with Crippen molar-refractivity contribution in [2.45, 2.75) is 71.3 Å². The summed E-state index contributed by atoms with van der Waals surface area (Å²) in [6.07, 6.45) is 4.83. The van der Waals surface area contributed by atoms with E-state index in [1.807, 2.05) is 0 Å². The number of benzene rings is 2.